The summed E-state index contributed by atoms with van der Waals surface area (Å²) >= 11 is 0. The first kappa shape index (κ1) is 15.8. The Balaban J connectivity index is 3.09. The molecule has 0 radical (unpaired) electrons. The SMILES string of the molecule is COc1ccc(F)cc1C(C)(C)CC(C)C(F)(F)F. The van der Waals surface area contributed by atoms with Crippen molar-refractivity contribution in [3.05, 3.63) is 29.6 Å². The highest BCUT2D eigenvalue weighted by Crippen LogP contribution is 2.41. The fourth-order valence-corrected chi connectivity index (χ4v) is 2.20. The number of hydrogen-bond donors (Lipinski definition) is 0. The molecule has 0 fully saturated rings. The molecule has 19 heavy (non-hydrogen) atoms. The van der Waals surface area contributed by atoms with Gasteiger partial charge >= 0.3 is 6.18 Å². The normalized spacial score (nSPS) is 14.3. The topological polar surface area (TPSA) is 9.23 Å². The zero-order valence-electron chi connectivity index (χ0n) is 11.4. The first-order valence-corrected chi connectivity index (χ1v) is 5.98. The zero-order chi connectivity index (χ0) is 14.8. The van der Waals surface area contributed by atoms with Gasteiger partial charge in [0.15, 0.2) is 0 Å². The van der Waals surface area contributed by atoms with Crippen molar-refractivity contribution < 1.29 is 22.3 Å². The third-order valence-electron chi connectivity index (χ3n) is 3.27. The molecule has 1 aromatic carbocycles. The van der Waals surface area contributed by atoms with Gasteiger partial charge in [0.1, 0.15) is 11.6 Å². The number of rotatable bonds is 4. The van der Waals surface area contributed by atoms with Crippen molar-refractivity contribution in [1.29, 1.82) is 0 Å². The molecule has 1 atom stereocenters. The highest BCUT2D eigenvalue weighted by atomic mass is 19.4. The van der Waals surface area contributed by atoms with Gasteiger partial charge in [0, 0.05) is 5.56 Å². The van der Waals surface area contributed by atoms with Gasteiger partial charge in [0.25, 0.3) is 0 Å². The summed E-state index contributed by atoms with van der Waals surface area (Å²) in [5.41, 5.74) is -0.381. The molecule has 108 valence electrons. The first-order valence-electron chi connectivity index (χ1n) is 5.98. The number of hydrogen-bond acceptors (Lipinski definition) is 1. The molecule has 5 heteroatoms. The van der Waals surface area contributed by atoms with Crippen molar-refractivity contribution in [3.63, 3.8) is 0 Å². The van der Waals surface area contributed by atoms with E-state index in [-0.39, 0.29) is 6.42 Å². The third-order valence-corrected chi connectivity index (χ3v) is 3.27. The first-order chi connectivity index (χ1) is 8.58. The van der Waals surface area contributed by atoms with Crippen molar-refractivity contribution in [1.82, 2.24) is 0 Å². The largest absolute Gasteiger partial charge is 0.496 e. The van der Waals surface area contributed by atoms with Gasteiger partial charge in [0.05, 0.1) is 13.0 Å². The van der Waals surface area contributed by atoms with Crippen molar-refractivity contribution in [2.75, 3.05) is 7.11 Å². The molecule has 0 N–H and O–H groups in total. The summed E-state index contributed by atoms with van der Waals surface area (Å²) in [5, 5.41) is 0. The fraction of sp³-hybridized carbons (Fsp3) is 0.571. The second kappa shape index (κ2) is 5.39. The van der Waals surface area contributed by atoms with Crippen LogP contribution in [-0.2, 0) is 5.41 Å². The summed E-state index contributed by atoms with van der Waals surface area (Å²) < 4.78 is 56.4. The van der Waals surface area contributed by atoms with Crippen LogP contribution in [0.1, 0.15) is 32.8 Å². The van der Waals surface area contributed by atoms with E-state index >= 15 is 0 Å². The van der Waals surface area contributed by atoms with Crippen molar-refractivity contribution in [2.24, 2.45) is 5.92 Å². The van der Waals surface area contributed by atoms with E-state index in [4.69, 9.17) is 4.74 Å². The van der Waals surface area contributed by atoms with E-state index in [1.807, 2.05) is 0 Å². The van der Waals surface area contributed by atoms with Gasteiger partial charge in [-0.05, 0) is 30.0 Å². The number of halogens is 4. The van der Waals surface area contributed by atoms with Gasteiger partial charge in [-0.15, -0.1) is 0 Å². The molecule has 0 aromatic heterocycles. The third kappa shape index (κ3) is 3.85. The van der Waals surface area contributed by atoms with E-state index in [1.54, 1.807) is 13.8 Å². The van der Waals surface area contributed by atoms with Crippen LogP contribution in [-0.4, -0.2) is 13.3 Å². The summed E-state index contributed by atoms with van der Waals surface area (Å²) in [5.74, 6) is -1.54. The summed E-state index contributed by atoms with van der Waals surface area (Å²) in [6, 6.07) is 3.90. The Morgan fingerprint density at radius 3 is 2.26 bits per heavy atom. The van der Waals surface area contributed by atoms with Crippen LogP contribution < -0.4 is 4.74 Å². The lowest BCUT2D eigenvalue weighted by molar-refractivity contribution is -0.174. The van der Waals surface area contributed by atoms with Crippen LogP contribution in [0, 0.1) is 11.7 Å². The minimum absolute atomic E-state index is 0.129. The molecule has 0 aliphatic rings. The summed E-state index contributed by atoms with van der Waals surface area (Å²) in [7, 11) is 1.42. The molecule has 1 nitrogen and oxygen atoms in total. The lowest BCUT2D eigenvalue weighted by atomic mass is 9.77. The minimum atomic E-state index is -4.25. The van der Waals surface area contributed by atoms with E-state index in [0.717, 1.165) is 6.92 Å². The molecule has 0 amide bonds. The smallest absolute Gasteiger partial charge is 0.391 e. The van der Waals surface area contributed by atoms with E-state index < -0.39 is 23.3 Å². The van der Waals surface area contributed by atoms with Gasteiger partial charge < -0.3 is 4.74 Å². The molecule has 1 unspecified atom stereocenters. The highest BCUT2D eigenvalue weighted by Gasteiger charge is 2.40. The Hall–Kier alpha value is -1.26. The molecule has 0 spiro atoms. The van der Waals surface area contributed by atoms with Gasteiger partial charge in [-0.25, -0.2) is 4.39 Å². The maximum atomic E-state index is 13.3. The maximum Gasteiger partial charge on any atom is 0.391 e. The van der Waals surface area contributed by atoms with Gasteiger partial charge in [-0.1, -0.05) is 20.8 Å². The van der Waals surface area contributed by atoms with E-state index in [0.29, 0.717) is 11.3 Å². The average Bonchev–Trinajstić information content (AvgIpc) is 2.27. The molecule has 0 saturated heterocycles. The molecule has 0 aliphatic carbocycles. The molecule has 0 saturated carbocycles. The predicted octanol–water partition coefficient (Wildman–Crippen LogP) is 4.70. The molecule has 1 rings (SSSR count). The van der Waals surface area contributed by atoms with Crippen molar-refractivity contribution >= 4 is 0 Å². The molecule has 0 bridgehead atoms. The molecule has 1 aromatic rings. The van der Waals surface area contributed by atoms with Crippen molar-refractivity contribution in [2.45, 2.75) is 38.8 Å². The highest BCUT2D eigenvalue weighted by molar-refractivity contribution is 5.39. The van der Waals surface area contributed by atoms with Gasteiger partial charge in [-0.3, -0.25) is 0 Å². The van der Waals surface area contributed by atoms with Crippen LogP contribution >= 0.6 is 0 Å². The second-order valence-electron chi connectivity index (χ2n) is 5.38. The van der Waals surface area contributed by atoms with E-state index in [2.05, 4.69) is 0 Å². The van der Waals surface area contributed by atoms with Crippen molar-refractivity contribution in [3.8, 4) is 5.75 Å². The van der Waals surface area contributed by atoms with Crippen LogP contribution in [0.2, 0.25) is 0 Å². The average molecular weight is 278 g/mol. The standard InChI is InChI=1S/C14H18F4O/c1-9(14(16,17)18)8-13(2,3)11-7-10(15)5-6-12(11)19-4/h5-7,9H,8H2,1-4H3. The lowest BCUT2D eigenvalue weighted by Crippen LogP contribution is -2.29. The lowest BCUT2D eigenvalue weighted by Gasteiger charge is -2.31. The van der Waals surface area contributed by atoms with Crippen LogP contribution in [0.4, 0.5) is 17.6 Å². The zero-order valence-corrected chi connectivity index (χ0v) is 11.4. The number of ether oxygens (including phenoxy) is 1. The Labute approximate surface area is 110 Å². The second-order valence-corrected chi connectivity index (χ2v) is 5.38. The van der Waals surface area contributed by atoms with Gasteiger partial charge in [-0.2, -0.15) is 13.2 Å². The molecular formula is C14H18F4O. The Morgan fingerprint density at radius 2 is 1.79 bits per heavy atom. The van der Waals surface area contributed by atoms with Gasteiger partial charge in [0.2, 0.25) is 0 Å². The Bertz CT molecular complexity index is 438. The summed E-state index contributed by atoms with van der Waals surface area (Å²) in [4.78, 5) is 0. The molecule has 0 heterocycles. The Morgan fingerprint density at radius 1 is 1.21 bits per heavy atom. The quantitative estimate of drug-likeness (QED) is 0.725. The van der Waals surface area contributed by atoms with Crippen LogP contribution in [0.5, 0.6) is 5.75 Å². The summed E-state index contributed by atoms with van der Waals surface area (Å²) in [6.07, 6.45) is -4.38. The number of methoxy groups -OCH3 is 1. The fourth-order valence-electron chi connectivity index (χ4n) is 2.20. The van der Waals surface area contributed by atoms with Crippen LogP contribution in [0.25, 0.3) is 0 Å². The Kier molecular flexibility index (Phi) is 4.48. The minimum Gasteiger partial charge on any atom is -0.496 e. The summed E-state index contributed by atoms with van der Waals surface area (Å²) in [6.45, 7) is 4.45. The van der Waals surface area contributed by atoms with E-state index in [9.17, 15) is 17.6 Å². The molecular weight excluding hydrogens is 260 g/mol. The molecule has 0 aliphatic heterocycles. The van der Waals surface area contributed by atoms with Crippen LogP contribution in [0.15, 0.2) is 18.2 Å². The van der Waals surface area contributed by atoms with E-state index in [1.165, 1.54) is 25.3 Å². The number of benzene rings is 1. The maximum absolute atomic E-state index is 13.3. The number of alkyl halides is 3. The monoisotopic (exact) mass is 278 g/mol. The predicted molar refractivity (Wildman–Crippen MR) is 65.8 cm³/mol. The van der Waals surface area contributed by atoms with Crippen LogP contribution in [0.3, 0.4) is 0 Å².